The van der Waals surface area contributed by atoms with Crippen LogP contribution in [0, 0.1) is 12.8 Å². The maximum atomic E-state index is 13.3. The zero-order valence-corrected chi connectivity index (χ0v) is 19.0. The van der Waals surface area contributed by atoms with E-state index in [0.29, 0.717) is 28.5 Å². The van der Waals surface area contributed by atoms with Crippen LogP contribution >= 0.6 is 0 Å². The minimum Gasteiger partial charge on any atom is -0.495 e. The Labute approximate surface area is 189 Å². The van der Waals surface area contributed by atoms with Crippen molar-refractivity contribution in [2.24, 2.45) is 5.92 Å². The van der Waals surface area contributed by atoms with Gasteiger partial charge in [-0.2, -0.15) is 0 Å². The van der Waals surface area contributed by atoms with Gasteiger partial charge in [0.05, 0.1) is 30.1 Å². The Morgan fingerprint density at radius 1 is 1.06 bits per heavy atom. The molecule has 32 heavy (non-hydrogen) atoms. The molecule has 1 N–H and O–H groups in total. The highest BCUT2D eigenvalue weighted by atomic mass is 16.5. The van der Waals surface area contributed by atoms with Gasteiger partial charge in [0.25, 0.3) is 5.91 Å². The summed E-state index contributed by atoms with van der Waals surface area (Å²) in [5.74, 6) is 1.35. The number of nitrogens with one attached hydrogen (secondary N) is 1. The van der Waals surface area contributed by atoms with Crippen LogP contribution in [0.15, 0.2) is 30.5 Å². The summed E-state index contributed by atoms with van der Waals surface area (Å²) >= 11 is 0. The highest BCUT2D eigenvalue weighted by molar-refractivity contribution is 6.05. The molecule has 170 valence electrons. The second kappa shape index (κ2) is 10.1. The van der Waals surface area contributed by atoms with E-state index in [4.69, 9.17) is 4.74 Å². The van der Waals surface area contributed by atoms with E-state index in [-0.39, 0.29) is 23.8 Å². The molecule has 0 spiro atoms. The molecule has 1 aromatic heterocycles. The minimum atomic E-state index is -0.280. The van der Waals surface area contributed by atoms with Crippen molar-refractivity contribution >= 4 is 17.5 Å². The van der Waals surface area contributed by atoms with E-state index in [2.05, 4.69) is 15.3 Å². The van der Waals surface area contributed by atoms with Gasteiger partial charge in [0.2, 0.25) is 5.91 Å². The normalized spacial score (nSPS) is 19.4. The number of nitrogens with zero attached hydrogens (tertiary/aromatic N) is 3. The number of ether oxygens (including phenoxy) is 1. The first-order valence-corrected chi connectivity index (χ1v) is 11.7. The Balaban J connectivity index is 1.52. The van der Waals surface area contributed by atoms with E-state index in [1.807, 2.05) is 24.0 Å². The van der Waals surface area contributed by atoms with Crippen LogP contribution in [-0.2, 0) is 4.79 Å². The predicted octanol–water partition coefficient (Wildman–Crippen LogP) is 4.68. The zero-order valence-electron chi connectivity index (χ0n) is 19.0. The number of benzene rings is 1. The van der Waals surface area contributed by atoms with Crippen LogP contribution in [0.5, 0.6) is 5.75 Å². The fraction of sp³-hybridized carbons (Fsp3) is 0.520. The quantitative estimate of drug-likeness (QED) is 0.736. The Bertz CT molecular complexity index is 971. The fourth-order valence-corrected chi connectivity index (χ4v) is 4.85. The maximum Gasteiger partial charge on any atom is 0.259 e. The summed E-state index contributed by atoms with van der Waals surface area (Å²) in [6, 6.07) is 7.16. The van der Waals surface area contributed by atoms with Crippen LogP contribution in [0.2, 0.25) is 0 Å². The molecule has 7 nitrogen and oxygen atoms in total. The van der Waals surface area contributed by atoms with Crippen LogP contribution in [0.1, 0.15) is 79.3 Å². The number of hydrogen-bond donors (Lipinski definition) is 1. The molecule has 0 bridgehead atoms. The molecular formula is C25H32N4O3. The summed E-state index contributed by atoms with van der Waals surface area (Å²) in [4.78, 5) is 37.3. The number of anilines is 1. The highest BCUT2D eigenvalue weighted by Crippen LogP contribution is 2.34. The van der Waals surface area contributed by atoms with Gasteiger partial charge >= 0.3 is 0 Å². The third-order valence-electron chi connectivity index (χ3n) is 6.64. The minimum absolute atomic E-state index is 0.108. The van der Waals surface area contributed by atoms with E-state index >= 15 is 0 Å². The second-order valence-electron chi connectivity index (χ2n) is 8.76. The summed E-state index contributed by atoms with van der Waals surface area (Å²) < 4.78 is 5.31. The molecule has 2 heterocycles. The van der Waals surface area contributed by atoms with Gasteiger partial charge in [-0.1, -0.05) is 31.4 Å². The van der Waals surface area contributed by atoms with Crippen molar-refractivity contribution in [3.8, 4) is 5.75 Å². The first kappa shape index (κ1) is 22.2. The van der Waals surface area contributed by atoms with Gasteiger partial charge in [0, 0.05) is 18.7 Å². The molecule has 1 saturated heterocycles. The lowest BCUT2D eigenvalue weighted by Crippen LogP contribution is -2.43. The number of para-hydroxylation sites is 2. The van der Waals surface area contributed by atoms with E-state index in [0.717, 1.165) is 51.5 Å². The second-order valence-corrected chi connectivity index (χ2v) is 8.76. The third kappa shape index (κ3) is 4.76. The van der Waals surface area contributed by atoms with Gasteiger partial charge in [-0.05, 0) is 51.2 Å². The molecule has 1 aliphatic heterocycles. The third-order valence-corrected chi connectivity index (χ3v) is 6.64. The number of carbonyl (C=O) groups excluding carboxylic acids is 2. The number of likely N-dealkylation sites (tertiary alicyclic amines) is 1. The molecule has 2 aromatic rings. The van der Waals surface area contributed by atoms with Crippen molar-refractivity contribution in [3.05, 3.63) is 47.5 Å². The van der Waals surface area contributed by atoms with E-state index in [1.165, 1.54) is 6.42 Å². The monoisotopic (exact) mass is 436 g/mol. The lowest BCUT2D eigenvalue weighted by Gasteiger charge is -2.38. The number of rotatable bonds is 5. The number of methoxy groups -OCH3 is 1. The van der Waals surface area contributed by atoms with Gasteiger partial charge in [-0.15, -0.1) is 0 Å². The van der Waals surface area contributed by atoms with Gasteiger partial charge in [0.15, 0.2) is 5.82 Å². The molecular weight excluding hydrogens is 404 g/mol. The molecule has 1 aliphatic carbocycles. The first-order chi connectivity index (χ1) is 15.6. The number of aryl methyl sites for hydroxylation is 1. The van der Waals surface area contributed by atoms with Crippen molar-refractivity contribution < 1.29 is 14.3 Å². The molecule has 4 rings (SSSR count). The lowest BCUT2D eigenvalue weighted by molar-refractivity contribution is -0.140. The van der Waals surface area contributed by atoms with E-state index < -0.39 is 0 Å². The van der Waals surface area contributed by atoms with Crippen LogP contribution in [-0.4, -0.2) is 40.3 Å². The Morgan fingerprint density at radius 3 is 2.56 bits per heavy atom. The molecule has 2 fully saturated rings. The maximum absolute atomic E-state index is 13.3. The van der Waals surface area contributed by atoms with Gasteiger partial charge in [-0.25, -0.2) is 9.97 Å². The predicted molar refractivity (Wildman–Crippen MR) is 123 cm³/mol. The summed E-state index contributed by atoms with van der Waals surface area (Å²) in [6.45, 7) is 2.58. The van der Waals surface area contributed by atoms with Crippen molar-refractivity contribution in [1.82, 2.24) is 14.9 Å². The van der Waals surface area contributed by atoms with Crippen molar-refractivity contribution in [2.75, 3.05) is 19.0 Å². The first-order valence-electron chi connectivity index (χ1n) is 11.7. The van der Waals surface area contributed by atoms with Gasteiger partial charge in [0.1, 0.15) is 5.75 Å². The zero-order chi connectivity index (χ0) is 22.5. The molecule has 1 aromatic carbocycles. The van der Waals surface area contributed by atoms with Crippen LogP contribution in [0.3, 0.4) is 0 Å². The van der Waals surface area contributed by atoms with Crippen LogP contribution in [0.4, 0.5) is 5.69 Å². The largest absolute Gasteiger partial charge is 0.495 e. The smallest absolute Gasteiger partial charge is 0.259 e. The van der Waals surface area contributed by atoms with Crippen LogP contribution < -0.4 is 10.1 Å². The number of piperidine rings is 1. The standard InChI is InChI=1S/C25H32N4O3/c1-17-19(24(30)28-20-12-6-7-14-22(20)32-2)16-26-23(27-17)21-13-8-9-15-29(21)25(31)18-10-4-3-5-11-18/h6-7,12,14,16,18,21H,3-5,8-11,13,15H2,1-2H3,(H,28,30)/t21-/m1/s1. The molecule has 1 saturated carbocycles. The Kier molecular flexibility index (Phi) is 7.02. The molecule has 0 unspecified atom stereocenters. The summed E-state index contributed by atoms with van der Waals surface area (Å²) in [5, 5.41) is 2.88. The fourth-order valence-electron chi connectivity index (χ4n) is 4.85. The Morgan fingerprint density at radius 2 is 1.81 bits per heavy atom. The van der Waals surface area contributed by atoms with Crippen molar-refractivity contribution in [1.29, 1.82) is 0 Å². The summed E-state index contributed by atoms with van der Waals surface area (Å²) in [5.41, 5.74) is 1.62. The number of amides is 2. The SMILES string of the molecule is COc1ccccc1NC(=O)c1cnc([C@H]2CCCCN2C(=O)C2CCCCC2)nc1C. The average molecular weight is 437 g/mol. The van der Waals surface area contributed by atoms with E-state index in [9.17, 15) is 9.59 Å². The number of carbonyl (C=O) groups is 2. The molecule has 2 amide bonds. The Hall–Kier alpha value is -2.96. The molecule has 7 heteroatoms. The molecule has 0 radical (unpaired) electrons. The lowest BCUT2D eigenvalue weighted by atomic mass is 9.87. The number of hydrogen-bond acceptors (Lipinski definition) is 5. The number of aromatic nitrogens is 2. The summed E-state index contributed by atoms with van der Waals surface area (Å²) in [6.07, 6.45) is 10.0. The summed E-state index contributed by atoms with van der Waals surface area (Å²) in [7, 11) is 1.57. The topological polar surface area (TPSA) is 84.4 Å². The highest BCUT2D eigenvalue weighted by Gasteiger charge is 2.34. The average Bonchev–Trinajstić information content (AvgIpc) is 2.84. The molecule has 2 aliphatic rings. The van der Waals surface area contributed by atoms with Gasteiger partial charge in [-0.3, -0.25) is 9.59 Å². The van der Waals surface area contributed by atoms with Crippen molar-refractivity contribution in [2.45, 2.75) is 64.3 Å². The van der Waals surface area contributed by atoms with Gasteiger partial charge < -0.3 is 15.0 Å². The van der Waals surface area contributed by atoms with E-state index in [1.54, 1.807) is 25.4 Å². The van der Waals surface area contributed by atoms with Crippen LogP contribution in [0.25, 0.3) is 0 Å². The molecule has 1 atom stereocenters. The van der Waals surface area contributed by atoms with Crippen molar-refractivity contribution in [3.63, 3.8) is 0 Å².